The average molecular weight is 297 g/mol. The van der Waals surface area contributed by atoms with E-state index in [0.29, 0.717) is 0 Å². The third-order valence-corrected chi connectivity index (χ3v) is 3.42. The van der Waals surface area contributed by atoms with E-state index < -0.39 is 48.5 Å². The third-order valence-electron chi connectivity index (χ3n) is 3.42. The molecule has 0 aromatic heterocycles. The normalized spacial score (nSPS) is 25.2. The molecule has 3 amide bonds. The Bertz CT molecular complexity index is 440. The highest BCUT2D eigenvalue weighted by Gasteiger charge is 2.64. The summed E-state index contributed by atoms with van der Waals surface area (Å²) in [5.41, 5.74) is 1.84. The molecule has 20 heavy (non-hydrogen) atoms. The molecule has 2 atom stereocenters. The van der Waals surface area contributed by atoms with E-state index in [4.69, 9.17) is 10.8 Å². The smallest absolute Gasteiger partial charge is 0.406 e. The Morgan fingerprint density at radius 1 is 1.40 bits per heavy atom. The van der Waals surface area contributed by atoms with Gasteiger partial charge in [-0.15, -0.1) is 0 Å². The van der Waals surface area contributed by atoms with Crippen molar-refractivity contribution in [2.45, 2.75) is 25.6 Å². The molecule has 0 aliphatic carbocycles. The summed E-state index contributed by atoms with van der Waals surface area (Å²) in [6, 6.07) is -2.22. The zero-order chi connectivity index (χ0) is 15.7. The summed E-state index contributed by atoms with van der Waals surface area (Å²) in [6.07, 6.45) is -5.58. The number of carbonyl (C=O) groups excluding carboxylic acids is 2. The first-order chi connectivity index (χ1) is 9.01. The van der Waals surface area contributed by atoms with Crippen LogP contribution >= 0.6 is 0 Å². The Kier molecular flexibility index (Phi) is 4.27. The molecule has 114 valence electrons. The van der Waals surface area contributed by atoms with Crippen LogP contribution in [-0.2, 0) is 9.59 Å². The molecular formula is C10H14F3N3O4. The maximum atomic E-state index is 12.9. The molecular weight excluding hydrogens is 283 g/mol. The number of hydrogen-bond acceptors (Lipinski definition) is 4. The van der Waals surface area contributed by atoms with Gasteiger partial charge in [0, 0.05) is 13.1 Å². The molecule has 10 heteroatoms. The van der Waals surface area contributed by atoms with Crippen molar-refractivity contribution in [3.63, 3.8) is 0 Å². The van der Waals surface area contributed by atoms with Crippen LogP contribution in [0, 0.1) is 5.41 Å². The topological polar surface area (TPSA) is 113 Å². The van der Waals surface area contributed by atoms with E-state index in [9.17, 15) is 27.6 Å². The Balaban J connectivity index is 2.87. The number of alkyl halides is 3. The SMILES string of the molecule is CC(C(=O)NC(N)=O)N1CCC(C(=O)O)(C(F)(F)F)C1. The third kappa shape index (κ3) is 2.84. The number of nitrogens with one attached hydrogen (secondary N) is 1. The highest BCUT2D eigenvalue weighted by Crippen LogP contribution is 2.46. The zero-order valence-corrected chi connectivity index (χ0v) is 10.5. The van der Waals surface area contributed by atoms with Crippen LogP contribution in [0.25, 0.3) is 0 Å². The molecule has 0 spiro atoms. The minimum atomic E-state index is -4.92. The van der Waals surface area contributed by atoms with Gasteiger partial charge in [0.05, 0.1) is 6.04 Å². The van der Waals surface area contributed by atoms with Crippen molar-refractivity contribution in [2.24, 2.45) is 11.1 Å². The van der Waals surface area contributed by atoms with Crippen molar-refractivity contribution in [3.05, 3.63) is 0 Å². The number of carboxylic acids is 1. The van der Waals surface area contributed by atoms with Gasteiger partial charge in [0.2, 0.25) is 5.91 Å². The van der Waals surface area contributed by atoms with Crippen LogP contribution in [0.5, 0.6) is 0 Å². The van der Waals surface area contributed by atoms with E-state index in [2.05, 4.69) is 0 Å². The number of hydrogen-bond donors (Lipinski definition) is 3. The van der Waals surface area contributed by atoms with Gasteiger partial charge in [-0.25, -0.2) is 4.79 Å². The molecule has 0 aromatic carbocycles. The molecule has 4 N–H and O–H groups in total. The van der Waals surface area contributed by atoms with Gasteiger partial charge in [-0.05, 0) is 13.3 Å². The number of amides is 3. The number of imide groups is 1. The molecule has 2 unspecified atom stereocenters. The summed E-state index contributed by atoms with van der Waals surface area (Å²) in [5.74, 6) is -2.85. The minimum absolute atomic E-state index is 0.223. The number of urea groups is 1. The minimum Gasteiger partial charge on any atom is -0.481 e. The van der Waals surface area contributed by atoms with E-state index in [-0.39, 0.29) is 6.54 Å². The number of likely N-dealkylation sites (tertiary alicyclic amines) is 1. The molecule has 1 aliphatic heterocycles. The number of primary amides is 1. The van der Waals surface area contributed by atoms with Gasteiger partial charge in [-0.1, -0.05) is 0 Å². The molecule has 0 bridgehead atoms. The number of nitrogens with zero attached hydrogens (tertiary/aromatic N) is 1. The number of halogens is 3. The number of carbonyl (C=O) groups is 3. The summed E-state index contributed by atoms with van der Waals surface area (Å²) in [5, 5.41) is 10.6. The lowest BCUT2D eigenvalue weighted by atomic mass is 9.86. The fraction of sp³-hybridized carbons (Fsp3) is 0.700. The van der Waals surface area contributed by atoms with Crippen molar-refractivity contribution < 1.29 is 32.7 Å². The first-order valence-electron chi connectivity index (χ1n) is 5.66. The van der Waals surface area contributed by atoms with Crippen LogP contribution in [0.15, 0.2) is 0 Å². The van der Waals surface area contributed by atoms with Crippen LogP contribution in [0.3, 0.4) is 0 Å². The maximum absolute atomic E-state index is 12.9. The van der Waals surface area contributed by atoms with Crippen LogP contribution in [0.2, 0.25) is 0 Å². The highest BCUT2D eigenvalue weighted by atomic mass is 19.4. The number of rotatable bonds is 3. The Morgan fingerprint density at radius 2 is 1.95 bits per heavy atom. The Hall–Kier alpha value is -1.84. The first-order valence-corrected chi connectivity index (χ1v) is 5.66. The van der Waals surface area contributed by atoms with Crippen LogP contribution < -0.4 is 11.1 Å². The second-order valence-electron chi connectivity index (χ2n) is 4.63. The predicted molar refractivity (Wildman–Crippen MR) is 59.5 cm³/mol. The van der Waals surface area contributed by atoms with Gasteiger partial charge >= 0.3 is 18.2 Å². The fourth-order valence-electron chi connectivity index (χ4n) is 2.09. The molecule has 0 saturated carbocycles. The van der Waals surface area contributed by atoms with Gasteiger partial charge in [0.25, 0.3) is 0 Å². The molecule has 0 radical (unpaired) electrons. The van der Waals surface area contributed by atoms with E-state index in [1.807, 2.05) is 0 Å². The van der Waals surface area contributed by atoms with Gasteiger partial charge in [0.1, 0.15) is 0 Å². The predicted octanol–water partition coefficient (Wildman–Crippen LogP) is -0.0912. The van der Waals surface area contributed by atoms with Crippen molar-refractivity contribution in [1.29, 1.82) is 0 Å². The molecule has 1 heterocycles. The molecule has 1 aliphatic rings. The van der Waals surface area contributed by atoms with Crippen LogP contribution in [-0.4, -0.2) is 53.2 Å². The lowest BCUT2D eigenvalue weighted by molar-refractivity contribution is -0.227. The summed E-state index contributed by atoms with van der Waals surface area (Å²) < 4.78 is 38.8. The maximum Gasteiger partial charge on any atom is 0.406 e. The molecule has 1 saturated heterocycles. The molecule has 1 fully saturated rings. The molecule has 0 aromatic rings. The van der Waals surface area contributed by atoms with Gasteiger partial charge in [-0.2, -0.15) is 13.2 Å². The number of carboxylic acid groups (broad SMARTS) is 1. The largest absolute Gasteiger partial charge is 0.481 e. The van der Waals surface area contributed by atoms with Crippen molar-refractivity contribution in [2.75, 3.05) is 13.1 Å². The van der Waals surface area contributed by atoms with Crippen molar-refractivity contribution >= 4 is 17.9 Å². The fourth-order valence-corrected chi connectivity index (χ4v) is 2.09. The second-order valence-corrected chi connectivity index (χ2v) is 4.63. The quantitative estimate of drug-likeness (QED) is 0.674. The zero-order valence-electron chi connectivity index (χ0n) is 10.5. The lowest BCUT2D eigenvalue weighted by Gasteiger charge is -2.29. The van der Waals surface area contributed by atoms with E-state index in [1.54, 1.807) is 5.32 Å². The first kappa shape index (κ1) is 16.2. The highest BCUT2D eigenvalue weighted by molar-refractivity contribution is 5.96. The summed E-state index contributed by atoms with van der Waals surface area (Å²) in [4.78, 5) is 34.0. The molecule has 7 nitrogen and oxygen atoms in total. The summed E-state index contributed by atoms with van der Waals surface area (Å²) >= 11 is 0. The van der Waals surface area contributed by atoms with Crippen LogP contribution in [0.4, 0.5) is 18.0 Å². The Labute approximate surface area is 111 Å². The lowest BCUT2D eigenvalue weighted by Crippen LogP contribution is -2.51. The van der Waals surface area contributed by atoms with Crippen molar-refractivity contribution in [3.8, 4) is 0 Å². The van der Waals surface area contributed by atoms with Crippen molar-refractivity contribution in [1.82, 2.24) is 10.2 Å². The van der Waals surface area contributed by atoms with Gasteiger partial charge in [-0.3, -0.25) is 19.8 Å². The standard InChI is InChI=1S/C10H14F3N3O4/c1-5(6(17)15-8(14)20)16-3-2-9(4-16,7(18)19)10(11,12)13/h5H,2-4H2,1H3,(H,18,19)(H3,14,15,17,20). The van der Waals surface area contributed by atoms with Gasteiger partial charge in [0.15, 0.2) is 5.41 Å². The monoisotopic (exact) mass is 297 g/mol. The Morgan fingerprint density at radius 3 is 2.30 bits per heavy atom. The summed E-state index contributed by atoms with van der Waals surface area (Å²) in [7, 11) is 0. The number of nitrogens with two attached hydrogens (primary N) is 1. The van der Waals surface area contributed by atoms with E-state index in [1.165, 1.54) is 6.92 Å². The molecule has 1 rings (SSSR count). The van der Waals surface area contributed by atoms with Gasteiger partial charge < -0.3 is 10.8 Å². The average Bonchev–Trinajstić information content (AvgIpc) is 2.72. The second kappa shape index (κ2) is 5.27. The van der Waals surface area contributed by atoms with E-state index >= 15 is 0 Å². The van der Waals surface area contributed by atoms with E-state index in [0.717, 1.165) is 4.90 Å². The van der Waals surface area contributed by atoms with Crippen LogP contribution in [0.1, 0.15) is 13.3 Å². The number of aliphatic carboxylic acids is 1. The summed E-state index contributed by atoms with van der Waals surface area (Å²) in [6.45, 7) is 0.199.